The third kappa shape index (κ3) is 4.23. The Balaban J connectivity index is 2.09. The molecule has 10 heteroatoms. The maximum Gasteiger partial charge on any atom is 0.435 e. The van der Waals surface area contributed by atoms with Crippen molar-refractivity contribution < 1.29 is 27.4 Å². The molecule has 150 valence electrons. The number of aromatic nitrogens is 3. The average molecular weight is 398 g/mol. The summed E-state index contributed by atoms with van der Waals surface area (Å²) in [5.74, 6) is -0.239. The number of anilines is 1. The highest BCUT2D eigenvalue weighted by Gasteiger charge is 2.39. The van der Waals surface area contributed by atoms with Crippen molar-refractivity contribution in [3.63, 3.8) is 0 Å². The Morgan fingerprint density at radius 1 is 1.18 bits per heavy atom. The van der Waals surface area contributed by atoms with Gasteiger partial charge in [-0.3, -0.25) is 0 Å². The fourth-order valence-electron chi connectivity index (χ4n) is 2.76. The predicted octanol–water partition coefficient (Wildman–Crippen LogP) is 3.28. The van der Waals surface area contributed by atoms with E-state index in [1.807, 2.05) is 0 Å². The van der Waals surface area contributed by atoms with Crippen molar-refractivity contribution in [1.82, 2.24) is 14.6 Å². The molecule has 0 saturated heterocycles. The van der Waals surface area contributed by atoms with Crippen molar-refractivity contribution in [3.8, 4) is 11.1 Å². The number of benzene rings is 1. The SMILES string of the molecule is Cc1cc(NCCOCCO)n2nc(C(F)(F)F)c(-c3ccc(F)cc3)c2n1. The van der Waals surface area contributed by atoms with Gasteiger partial charge in [0.1, 0.15) is 11.6 Å². The van der Waals surface area contributed by atoms with Gasteiger partial charge < -0.3 is 15.2 Å². The van der Waals surface area contributed by atoms with Crippen molar-refractivity contribution in [2.45, 2.75) is 13.1 Å². The predicted molar refractivity (Wildman–Crippen MR) is 94.5 cm³/mol. The molecule has 0 amide bonds. The molecule has 0 saturated carbocycles. The van der Waals surface area contributed by atoms with Gasteiger partial charge in [-0.1, -0.05) is 12.1 Å². The lowest BCUT2D eigenvalue weighted by molar-refractivity contribution is -0.140. The van der Waals surface area contributed by atoms with Crippen LogP contribution in [0.15, 0.2) is 30.3 Å². The molecule has 1 aromatic carbocycles. The van der Waals surface area contributed by atoms with E-state index in [2.05, 4.69) is 15.4 Å². The van der Waals surface area contributed by atoms with Gasteiger partial charge in [-0.2, -0.15) is 22.8 Å². The van der Waals surface area contributed by atoms with Gasteiger partial charge in [-0.25, -0.2) is 9.37 Å². The second-order valence-corrected chi connectivity index (χ2v) is 6.01. The van der Waals surface area contributed by atoms with Crippen molar-refractivity contribution in [3.05, 3.63) is 47.5 Å². The lowest BCUT2D eigenvalue weighted by Gasteiger charge is -2.10. The van der Waals surface area contributed by atoms with Crippen LogP contribution in [0.2, 0.25) is 0 Å². The Kier molecular flexibility index (Phi) is 5.80. The second kappa shape index (κ2) is 8.11. The minimum Gasteiger partial charge on any atom is -0.394 e. The van der Waals surface area contributed by atoms with E-state index < -0.39 is 17.7 Å². The third-order valence-electron chi connectivity index (χ3n) is 3.91. The topological polar surface area (TPSA) is 71.7 Å². The summed E-state index contributed by atoms with van der Waals surface area (Å²) in [6.45, 7) is 2.25. The highest BCUT2D eigenvalue weighted by atomic mass is 19.4. The smallest absolute Gasteiger partial charge is 0.394 e. The lowest BCUT2D eigenvalue weighted by Crippen LogP contribution is -2.14. The van der Waals surface area contributed by atoms with E-state index in [1.54, 1.807) is 13.0 Å². The normalized spacial score (nSPS) is 11.9. The molecule has 6 nitrogen and oxygen atoms in total. The number of alkyl halides is 3. The Labute approximate surface area is 157 Å². The summed E-state index contributed by atoms with van der Waals surface area (Å²) in [6.07, 6.45) is -4.72. The first kappa shape index (κ1) is 20.0. The van der Waals surface area contributed by atoms with Gasteiger partial charge >= 0.3 is 6.18 Å². The Morgan fingerprint density at radius 2 is 1.89 bits per heavy atom. The van der Waals surface area contributed by atoms with Crippen LogP contribution < -0.4 is 5.32 Å². The molecule has 0 atom stereocenters. The third-order valence-corrected chi connectivity index (χ3v) is 3.91. The van der Waals surface area contributed by atoms with Crippen LogP contribution in [0.25, 0.3) is 16.8 Å². The van der Waals surface area contributed by atoms with Crippen LogP contribution in [-0.2, 0) is 10.9 Å². The Morgan fingerprint density at radius 3 is 2.54 bits per heavy atom. The number of nitrogens with one attached hydrogen (secondary N) is 1. The van der Waals surface area contributed by atoms with Crippen LogP contribution in [0.3, 0.4) is 0 Å². The molecule has 0 spiro atoms. The number of halogens is 4. The molecule has 2 heterocycles. The molecular weight excluding hydrogens is 380 g/mol. The summed E-state index contributed by atoms with van der Waals surface area (Å²) in [7, 11) is 0. The Bertz CT molecular complexity index is 955. The quantitative estimate of drug-likeness (QED) is 0.472. The summed E-state index contributed by atoms with van der Waals surface area (Å²) in [5, 5.41) is 15.4. The van der Waals surface area contributed by atoms with Gasteiger partial charge in [0.15, 0.2) is 11.3 Å². The van der Waals surface area contributed by atoms with Crippen LogP contribution >= 0.6 is 0 Å². The lowest BCUT2D eigenvalue weighted by atomic mass is 10.1. The first-order chi connectivity index (χ1) is 13.3. The van der Waals surface area contributed by atoms with E-state index in [9.17, 15) is 17.6 Å². The van der Waals surface area contributed by atoms with Gasteiger partial charge in [0, 0.05) is 18.3 Å². The first-order valence-corrected chi connectivity index (χ1v) is 8.47. The highest BCUT2D eigenvalue weighted by Crippen LogP contribution is 2.39. The first-order valence-electron chi connectivity index (χ1n) is 8.47. The van der Waals surface area contributed by atoms with Gasteiger partial charge in [-0.05, 0) is 24.6 Å². The van der Waals surface area contributed by atoms with Crippen LogP contribution in [0.4, 0.5) is 23.4 Å². The number of aliphatic hydroxyl groups is 1. The zero-order valence-electron chi connectivity index (χ0n) is 14.9. The van der Waals surface area contributed by atoms with E-state index in [4.69, 9.17) is 9.84 Å². The highest BCUT2D eigenvalue weighted by molar-refractivity contribution is 5.81. The fraction of sp³-hybridized carbons (Fsp3) is 0.333. The number of hydrogen-bond donors (Lipinski definition) is 2. The summed E-state index contributed by atoms with van der Waals surface area (Å²) < 4.78 is 60.4. The van der Waals surface area contributed by atoms with E-state index in [0.29, 0.717) is 18.1 Å². The van der Waals surface area contributed by atoms with Gasteiger partial charge in [-0.15, -0.1) is 0 Å². The monoisotopic (exact) mass is 398 g/mol. The summed E-state index contributed by atoms with van der Waals surface area (Å²) >= 11 is 0. The molecule has 0 aliphatic heterocycles. The number of ether oxygens (including phenoxy) is 1. The summed E-state index contributed by atoms with van der Waals surface area (Å²) in [6, 6.07) is 6.28. The minimum atomic E-state index is -4.72. The van der Waals surface area contributed by atoms with Crippen LogP contribution in [0, 0.1) is 12.7 Å². The summed E-state index contributed by atoms with van der Waals surface area (Å²) in [4.78, 5) is 4.23. The molecule has 0 fully saturated rings. The molecule has 3 rings (SSSR count). The molecule has 2 aromatic heterocycles. The molecule has 28 heavy (non-hydrogen) atoms. The van der Waals surface area contributed by atoms with Crippen molar-refractivity contribution >= 4 is 11.5 Å². The maximum absolute atomic E-state index is 13.6. The minimum absolute atomic E-state index is 0.0118. The zero-order chi connectivity index (χ0) is 20.3. The number of nitrogens with zero attached hydrogens (tertiary/aromatic N) is 3. The van der Waals surface area contributed by atoms with Gasteiger partial charge in [0.05, 0.1) is 25.4 Å². The Hall–Kier alpha value is -2.72. The van der Waals surface area contributed by atoms with E-state index in [1.165, 1.54) is 12.1 Å². The number of hydrogen-bond acceptors (Lipinski definition) is 5. The number of fused-ring (bicyclic) bond motifs is 1. The van der Waals surface area contributed by atoms with Gasteiger partial charge in [0.25, 0.3) is 0 Å². The largest absolute Gasteiger partial charge is 0.435 e. The van der Waals surface area contributed by atoms with Gasteiger partial charge in [0.2, 0.25) is 0 Å². The molecule has 0 aliphatic carbocycles. The molecule has 2 N–H and O–H groups in total. The van der Waals surface area contributed by atoms with Crippen molar-refractivity contribution in [2.75, 3.05) is 31.7 Å². The summed E-state index contributed by atoms with van der Waals surface area (Å²) in [5.41, 5.74) is -0.646. The fourth-order valence-corrected chi connectivity index (χ4v) is 2.76. The number of aliphatic hydroxyl groups excluding tert-OH is 1. The molecule has 0 radical (unpaired) electrons. The van der Waals surface area contributed by atoms with Crippen LogP contribution in [-0.4, -0.2) is 46.1 Å². The van der Waals surface area contributed by atoms with E-state index in [0.717, 1.165) is 16.6 Å². The molecular formula is C18H18F4N4O2. The van der Waals surface area contributed by atoms with Crippen molar-refractivity contribution in [1.29, 1.82) is 0 Å². The molecule has 0 bridgehead atoms. The van der Waals surface area contributed by atoms with Crippen LogP contribution in [0.5, 0.6) is 0 Å². The van der Waals surface area contributed by atoms with Crippen LogP contribution in [0.1, 0.15) is 11.4 Å². The molecule has 0 unspecified atom stereocenters. The maximum atomic E-state index is 13.6. The zero-order valence-corrected chi connectivity index (χ0v) is 14.9. The second-order valence-electron chi connectivity index (χ2n) is 6.01. The molecule has 3 aromatic rings. The number of aryl methyl sites for hydroxylation is 1. The van der Waals surface area contributed by atoms with E-state index >= 15 is 0 Å². The number of rotatable bonds is 7. The standard InChI is InChI=1S/C18H18F4N4O2/c1-11-10-14(23-6-8-28-9-7-27)26-17(24-11)15(16(25-26)18(20,21)22)12-2-4-13(19)5-3-12/h2-5,10,23,27H,6-9H2,1H3. The van der Waals surface area contributed by atoms with E-state index in [-0.39, 0.29) is 36.6 Å². The average Bonchev–Trinajstić information content (AvgIpc) is 3.02. The van der Waals surface area contributed by atoms with Crippen molar-refractivity contribution in [2.24, 2.45) is 0 Å². The molecule has 0 aliphatic rings.